The van der Waals surface area contributed by atoms with Crippen LogP contribution in [-0.2, 0) is 6.42 Å². The number of thiazole rings is 1. The molecule has 1 aromatic heterocycles. The number of nitrogen functional groups attached to an aromatic ring is 1. The van der Waals surface area contributed by atoms with Gasteiger partial charge in [0.1, 0.15) is 5.69 Å². The number of rotatable bonds is 2. The van der Waals surface area contributed by atoms with Crippen LogP contribution in [0.3, 0.4) is 0 Å². The molecule has 1 heterocycles. The van der Waals surface area contributed by atoms with Gasteiger partial charge in [-0.15, -0.1) is 11.3 Å². The Bertz CT molecular complexity index is 626. The summed E-state index contributed by atoms with van der Waals surface area (Å²) < 4.78 is 0. The van der Waals surface area contributed by atoms with Crippen LogP contribution in [0, 0.1) is 0 Å². The van der Waals surface area contributed by atoms with Gasteiger partial charge in [-0.3, -0.25) is 4.79 Å². The van der Waals surface area contributed by atoms with Gasteiger partial charge in [-0.2, -0.15) is 0 Å². The molecule has 1 aliphatic rings. The Morgan fingerprint density at radius 2 is 2.26 bits per heavy atom. The molecule has 0 bridgehead atoms. The van der Waals surface area contributed by atoms with E-state index in [9.17, 15) is 9.90 Å². The molecule has 1 aliphatic carbocycles. The number of nitrogens with two attached hydrogens (primary N) is 1. The van der Waals surface area contributed by atoms with Crippen molar-refractivity contribution < 1.29 is 9.90 Å². The number of amides is 1. The summed E-state index contributed by atoms with van der Waals surface area (Å²) in [6.45, 7) is 0. The number of hydrogen-bond acceptors (Lipinski definition) is 5. The number of hydrogen-bond donors (Lipinski definition) is 3. The second-order valence-corrected chi connectivity index (χ2v) is 5.38. The van der Waals surface area contributed by atoms with Crippen LogP contribution >= 0.6 is 11.3 Å². The molecule has 3 rings (SSSR count). The summed E-state index contributed by atoms with van der Waals surface area (Å²) in [6, 6.07) is 7.33. The highest BCUT2D eigenvalue weighted by Crippen LogP contribution is 2.31. The predicted molar refractivity (Wildman–Crippen MR) is 72.9 cm³/mol. The van der Waals surface area contributed by atoms with Crippen LogP contribution in [-0.4, -0.2) is 22.1 Å². The smallest absolute Gasteiger partial charge is 0.271 e. The molecule has 5 nitrogen and oxygen atoms in total. The molecular weight excluding hydrogens is 262 g/mol. The van der Waals surface area contributed by atoms with Gasteiger partial charge in [0.25, 0.3) is 5.91 Å². The van der Waals surface area contributed by atoms with Crippen molar-refractivity contribution in [3.63, 3.8) is 0 Å². The number of fused-ring (bicyclic) bond motifs is 1. The first-order valence-electron chi connectivity index (χ1n) is 5.93. The lowest BCUT2D eigenvalue weighted by Gasteiger charge is -2.17. The van der Waals surface area contributed by atoms with Crippen molar-refractivity contribution >= 4 is 22.4 Å². The number of nitrogens with zero attached hydrogens (tertiary/aromatic N) is 1. The van der Waals surface area contributed by atoms with Crippen LogP contribution in [0.2, 0.25) is 0 Å². The Labute approximate surface area is 114 Å². The van der Waals surface area contributed by atoms with Crippen molar-refractivity contribution in [1.29, 1.82) is 0 Å². The zero-order valence-electron chi connectivity index (χ0n) is 10.0. The number of carbonyl (C=O) groups is 1. The van der Waals surface area contributed by atoms with E-state index in [0.29, 0.717) is 17.2 Å². The van der Waals surface area contributed by atoms with Crippen molar-refractivity contribution in [3.8, 4) is 0 Å². The van der Waals surface area contributed by atoms with Gasteiger partial charge < -0.3 is 16.2 Å². The zero-order chi connectivity index (χ0) is 13.4. The summed E-state index contributed by atoms with van der Waals surface area (Å²) in [5, 5.41) is 14.8. The Balaban J connectivity index is 1.82. The van der Waals surface area contributed by atoms with Gasteiger partial charge >= 0.3 is 0 Å². The summed E-state index contributed by atoms with van der Waals surface area (Å²) in [6.07, 6.45) is -0.0438. The first kappa shape index (κ1) is 12.1. The van der Waals surface area contributed by atoms with Gasteiger partial charge in [0.2, 0.25) is 0 Å². The van der Waals surface area contributed by atoms with E-state index in [-0.39, 0.29) is 11.9 Å². The van der Waals surface area contributed by atoms with Crippen LogP contribution in [0.15, 0.2) is 29.6 Å². The van der Waals surface area contributed by atoms with Crippen LogP contribution in [0.1, 0.15) is 27.7 Å². The molecule has 0 saturated heterocycles. The third-order valence-corrected chi connectivity index (χ3v) is 3.92. The maximum atomic E-state index is 12.0. The number of benzene rings is 1. The minimum atomic E-state index is -0.600. The van der Waals surface area contributed by atoms with Gasteiger partial charge in [-0.1, -0.05) is 24.3 Å². The quantitative estimate of drug-likeness (QED) is 0.766. The monoisotopic (exact) mass is 275 g/mol. The summed E-state index contributed by atoms with van der Waals surface area (Å²) in [4.78, 5) is 16.0. The Kier molecular flexibility index (Phi) is 2.96. The van der Waals surface area contributed by atoms with Gasteiger partial charge in [0.05, 0.1) is 12.1 Å². The van der Waals surface area contributed by atoms with E-state index in [4.69, 9.17) is 5.73 Å². The molecule has 19 heavy (non-hydrogen) atoms. The average molecular weight is 275 g/mol. The second-order valence-electron chi connectivity index (χ2n) is 4.49. The molecule has 1 aromatic carbocycles. The molecule has 0 aliphatic heterocycles. The highest BCUT2D eigenvalue weighted by molar-refractivity contribution is 7.13. The minimum Gasteiger partial charge on any atom is -0.390 e. The average Bonchev–Trinajstić information content (AvgIpc) is 2.95. The van der Waals surface area contributed by atoms with Crippen LogP contribution in [0.4, 0.5) is 5.13 Å². The van der Waals surface area contributed by atoms with Crippen molar-refractivity contribution in [1.82, 2.24) is 10.3 Å². The van der Waals surface area contributed by atoms with Crippen molar-refractivity contribution in [2.75, 3.05) is 5.73 Å². The number of aliphatic hydroxyl groups excluding tert-OH is 1. The molecule has 2 atom stereocenters. The van der Waals surface area contributed by atoms with Crippen LogP contribution in [0.25, 0.3) is 0 Å². The molecule has 0 saturated carbocycles. The molecule has 2 aromatic rings. The molecule has 0 spiro atoms. The number of aromatic nitrogens is 1. The first-order chi connectivity index (χ1) is 9.15. The zero-order valence-corrected chi connectivity index (χ0v) is 10.9. The third kappa shape index (κ3) is 2.20. The normalized spacial score (nSPS) is 21.1. The Hall–Kier alpha value is -1.92. The van der Waals surface area contributed by atoms with Gasteiger partial charge in [0, 0.05) is 11.8 Å². The number of carbonyl (C=O) groups excluding carboxylic acids is 1. The van der Waals surface area contributed by atoms with E-state index in [1.54, 1.807) is 5.38 Å². The third-order valence-electron chi connectivity index (χ3n) is 3.25. The number of nitrogens with one attached hydrogen (secondary N) is 1. The lowest BCUT2D eigenvalue weighted by atomic mass is 10.1. The second kappa shape index (κ2) is 4.64. The topological polar surface area (TPSA) is 88.2 Å². The van der Waals surface area contributed by atoms with Crippen molar-refractivity contribution in [2.24, 2.45) is 0 Å². The molecular formula is C13H13N3O2S. The van der Waals surface area contributed by atoms with Crippen LogP contribution in [0.5, 0.6) is 0 Å². The summed E-state index contributed by atoms with van der Waals surface area (Å²) in [5.74, 6) is -0.311. The van der Waals surface area contributed by atoms with E-state index in [1.165, 1.54) is 11.3 Å². The van der Waals surface area contributed by atoms with E-state index < -0.39 is 6.10 Å². The fourth-order valence-electron chi connectivity index (χ4n) is 2.35. The maximum Gasteiger partial charge on any atom is 0.271 e. The SMILES string of the molecule is Nc1nc(C(=O)N[C@H]2c3ccccc3C[C@H]2O)cs1. The summed E-state index contributed by atoms with van der Waals surface area (Å²) >= 11 is 1.22. The van der Waals surface area contributed by atoms with Gasteiger partial charge in [0.15, 0.2) is 5.13 Å². The van der Waals surface area contributed by atoms with Crippen LogP contribution < -0.4 is 11.1 Å². The fraction of sp³-hybridized carbons (Fsp3) is 0.231. The molecule has 0 radical (unpaired) electrons. The Morgan fingerprint density at radius 1 is 1.47 bits per heavy atom. The maximum absolute atomic E-state index is 12.0. The molecule has 4 N–H and O–H groups in total. The molecule has 1 amide bonds. The predicted octanol–water partition coefficient (Wildman–Crippen LogP) is 1.11. The molecule has 0 unspecified atom stereocenters. The number of aliphatic hydroxyl groups is 1. The van der Waals surface area contributed by atoms with E-state index >= 15 is 0 Å². The van der Waals surface area contributed by atoms with E-state index in [2.05, 4.69) is 10.3 Å². The molecule has 98 valence electrons. The highest BCUT2D eigenvalue weighted by Gasteiger charge is 2.32. The standard InChI is InChI=1S/C13H13N3O2S/c14-13-15-9(6-19-13)12(18)16-11-8-4-2-1-3-7(8)5-10(11)17/h1-4,6,10-11,17H,5H2,(H2,14,15)(H,16,18)/t10-,11+/m1/s1. The summed E-state index contributed by atoms with van der Waals surface area (Å²) in [5.41, 5.74) is 7.83. The number of anilines is 1. The Morgan fingerprint density at radius 3 is 3.00 bits per heavy atom. The highest BCUT2D eigenvalue weighted by atomic mass is 32.1. The van der Waals surface area contributed by atoms with E-state index in [0.717, 1.165) is 11.1 Å². The van der Waals surface area contributed by atoms with Crippen molar-refractivity contribution in [2.45, 2.75) is 18.6 Å². The molecule has 6 heteroatoms. The largest absolute Gasteiger partial charge is 0.390 e. The van der Waals surface area contributed by atoms with Gasteiger partial charge in [-0.25, -0.2) is 4.98 Å². The fourth-order valence-corrected chi connectivity index (χ4v) is 2.90. The van der Waals surface area contributed by atoms with Crippen molar-refractivity contribution in [3.05, 3.63) is 46.5 Å². The van der Waals surface area contributed by atoms with E-state index in [1.807, 2.05) is 24.3 Å². The lowest BCUT2D eigenvalue weighted by Crippen LogP contribution is -2.34. The minimum absolute atomic E-state index is 0.291. The first-order valence-corrected chi connectivity index (χ1v) is 6.81. The lowest BCUT2D eigenvalue weighted by molar-refractivity contribution is 0.0854. The molecule has 0 fully saturated rings. The van der Waals surface area contributed by atoms with Gasteiger partial charge in [-0.05, 0) is 11.1 Å². The summed E-state index contributed by atoms with van der Waals surface area (Å²) in [7, 11) is 0.